The van der Waals surface area contributed by atoms with Crippen LogP contribution in [0.3, 0.4) is 0 Å². The second kappa shape index (κ2) is 6.71. The highest BCUT2D eigenvalue weighted by molar-refractivity contribution is 9.10. The van der Waals surface area contributed by atoms with Crippen molar-refractivity contribution >= 4 is 38.9 Å². The Balaban J connectivity index is 1.67. The van der Waals surface area contributed by atoms with Gasteiger partial charge in [0.25, 0.3) is 5.91 Å². The molecule has 0 saturated heterocycles. The van der Waals surface area contributed by atoms with Gasteiger partial charge < -0.3 is 15.1 Å². The maximum absolute atomic E-state index is 11.9. The molecule has 1 heterocycles. The monoisotopic (exact) mass is 370 g/mol. The highest BCUT2D eigenvalue weighted by Crippen LogP contribution is 2.24. The zero-order chi connectivity index (χ0) is 16.2. The van der Waals surface area contributed by atoms with Gasteiger partial charge in [-0.05, 0) is 61.0 Å². The first-order valence-electron chi connectivity index (χ1n) is 7.10. The minimum Gasteiger partial charge on any atom is -0.459 e. The number of halogens is 1. The molecule has 3 aromatic rings. The number of rotatable bonds is 4. The Morgan fingerprint density at radius 2 is 1.70 bits per heavy atom. The maximum Gasteiger partial charge on any atom is 0.291 e. The Morgan fingerprint density at radius 3 is 2.35 bits per heavy atom. The third kappa shape index (κ3) is 3.81. The summed E-state index contributed by atoms with van der Waals surface area (Å²) in [7, 11) is 0. The summed E-state index contributed by atoms with van der Waals surface area (Å²) in [5, 5.41) is 6.10. The van der Waals surface area contributed by atoms with E-state index in [0.717, 1.165) is 15.8 Å². The average molecular weight is 371 g/mol. The van der Waals surface area contributed by atoms with Gasteiger partial charge in [-0.3, -0.25) is 4.79 Å². The fourth-order valence-electron chi connectivity index (χ4n) is 2.07. The molecule has 0 unspecified atom stereocenters. The number of nitrogens with one attached hydrogen (secondary N) is 2. The predicted octanol–water partition coefficient (Wildman–Crippen LogP) is 5.35. The molecule has 5 heteroatoms. The molecule has 0 saturated carbocycles. The summed E-state index contributed by atoms with van der Waals surface area (Å²) in [6.07, 6.45) is 1.47. The van der Waals surface area contributed by atoms with Crippen LogP contribution in [0.1, 0.15) is 16.1 Å². The number of benzene rings is 2. The lowest BCUT2D eigenvalue weighted by molar-refractivity contribution is 0.0996. The van der Waals surface area contributed by atoms with Crippen LogP contribution in [0.15, 0.2) is 69.8 Å². The van der Waals surface area contributed by atoms with E-state index in [1.165, 1.54) is 11.8 Å². The molecule has 0 bridgehead atoms. The lowest BCUT2D eigenvalue weighted by atomic mass is 10.2. The van der Waals surface area contributed by atoms with Gasteiger partial charge in [0.2, 0.25) is 0 Å². The van der Waals surface area contributed by atoms with E-state index in [9.17, 15) is 4.79 Å². The van der Waals surface area contributed by atoms with E-state index < -0.39 is 0 Å². The molecule has 0 radical (unpaired) electrons. The number of hydrogen-bond donors (Lipinski definition) is 2. The van der Waals surface area contributed by atoms with Crippen LogP contribution < -0.4 is 10.6 Å². The molecule has 0 aliphatic rings. The molecule has 4 nitrogen and oxygen atoms in total. The molecule has 23 heavy (non-hydrogen) atoms. The van der Waals surface area contributed by atoms with Crippen LogP contribution in [-0.2, 0) is 0 Å². The molecule has 0 aliphatic heterocycles. The summed E-state index contributed by atoms with van der Waals surface area (Å²) in [6.45, 7) is 2.05. The van der Waals surface area contributed by atoms with E-state index >= 15 is 0 Å². The van der Waals surface area contributed by atoms with Crippen LogP contribution in [0.5, 0.6) is 0 Å². The van der Waals surface area contributed by atoms with Gasteiger partial charge in [0.15, 0.2) is 5.76 Å². The minimum absolute atomic E-state index is 0.266. The molecule has 0 spiro atoms. The van der Waals surface area contributed by atoms with Crippen molar-refractivity contribution < 1.29 is 9.21 Å². The summed E-state index contributed by atoms with van der Waals surface area (Å²) in [4.78, 5) is 11.9. The highest BCUT2D eigenvalue weighted by Gasteiger charge is 2.08. The number of aryl methyl sites for hydroxylation is 1. The zero-order valence-corrected chi connectivity index (χ0v) is 14.1. The SMILES string of the molecule is Cc1ccc(Nc2ccc(NC(=O)c3ccco3)cc2)cc1Br. The number of anilines is 3. The zero-order valence-electron chi connectivity index (χ0n) is 12.5. The van der Waals surface area contributed by atoms with Gasteiger partial charge >= 0.3 is 0 Å². The first-order valence-corrected chi connectivity index (χ1v) is 7.89. The van der Waals surface area contributed by atoms with Gasteiger partial charge in [-0.2, -0.15) is 0 Å². The molecule has 0 aliphatic carbocycles. The fraction of sp³-hybridized carbons (Fsp3) is 0.0556. The normalized spacial score (nSPS) is 10.3. The Bertz CT molecular complexity index is 812. The summed E-state index contributed by atoms with van der Waals surface area (Å²) in [6, 6.07) is 16.9. The number of carbonyl (C=O) groups is 1. The van der Waals surface area contributed by atoms with Crippen molar-refractivity contribution in [2.75, 3.05) is 10.6 Å². The lowest BCUT2D eigenvalue weighted by Crippen LogP contribution is -2.10. The van der Waals surface area contributed by atoms with Crippen LogP contribution in [0, 0.1) is 6.92 Å². The molecule has 116 valence electrons. The second-order valence-electron chi connectivity index (χ2n) is 5.10. The van der Waals surface area contributed by atoms with Crippen molar-refractivity contribution in [3.05, 3.63) is 76.7 Å². The topological polar surface area (TPSA) is 54.3 Å². The molecule has 2 aromatic carbocycles. The van der Waals surface area contributed by atoms with Crippen LogP contribution in [0.2, 0.25) is 0 Å². The number of amides is 1. The van der Waals surface area contributed by atoms with Crippen molar-refractivity contribution in [3.63, 3.8) is 0 Å². The Labute approximate surface area is 142 Å². The molecule has 1 aromatic heterocycles. The van der Waals surface area contributed by atoms with Crippen molar-refractivity contribution in [1.82, 2.24) is 0 Å². The van der Waals surface area contributed by atoms with Gasteiger partial charge in [-0.1, -0.05) is 22.0 Å². The average Bonchev–Trinajstić information content (AvgIpc) is 3.07. The third-order valence-corrected chi connectivity index (χ3v) is 4.20. The smallest absolute Gasteiger partial charge is 0.291 e. The molecule has 1 amide bonds. The first kappa shape index (κ1) is 15.4. The van der Waals surface area contributed by atoms with Crippen LogP contribution in [-0.4, -0.2) is 5.91 Å². The van der Waals surface area contributed by atoms with Crippen molar-refractivity contribution in [1.29, 1.82) is 0 Å². The van der Waals surface area contributed by atoms with Gasteiger partial charge in [0, 0.05) is 21.5 Å². The van der Waals surface area contributed by atoms with Crippen molar-refractivity contribution in [3.8, 4) is 0 Å². The summed E-state index contributed by atoms with van der Waals surface area (Å²) in [5.41, 5.74) is 3.83. The molecular weight excluding hydrogens is 356 g/mol. The molecule has 3 rings (SSSR count). The molecular formula is C18H15BrN2O2. The Morgan fingerprint density at radius 1 is 1.00 bits per heavy atom. The van der Waals surface area contributed by atoms with Gasteiger partial charge in [-0.15, -0.1) is 0 Å². The number of furan rings is 1. The van der Waals surface area contributed by atoms with Crippen LogP contribution in [0.25, 0.3) is 0 Å². The van der Waals surface area contributed by atoms with Gasteiger partial charge in [0.1, 0.15) is 0 Å². The molecule has 0 atom stereocenters. The number of carbonyl (C=O) groups excluding carboxylic acids is 1. The number of hydrogen-bond acceptors (Lipinski definition) is 3. The van der Waals surface area contributed by atoms with Gasteiger partial charge in [-0.25, -0.2) is 0 Å². The largest absolute Gasteiger partial charge is 0.459 e. The van der Waals surface area contributed by atoms with Crippen molar-refractivity contribution in [2.24, 2.45) is 0 Å². The second-order valence-corrected chi connectivity index (χ2v) is 5.95. The summed E-state index contributed by atoms with van der Waals surface area (Å²) in [5.74, 6) is 0.0230. The third-order valence-electron chi connectivity index (χ3n) is 3.35. The van der Waals surface area contributed by atoms with Crippen LogP contribution in [0.4, 0.5) is 17.1 Å². The van der Waals surface area contributed by atoms with E-state index in [2.05, 4.69) is 26.6 Å². The minimum atomic E-state index is -0.266. The van der Waals surface area contributed by atoms with E-state index in [1.807, 2.05) is 49.4 Å². The fourth-order valence-corrected chi connectivity index (χ4v) is 2.45. The predicted molar refractivity (Wildman–Crippen MR) is 95.3 cm³/mol. The van der Waals surface area contributed by atoms with E-state index in [-0.39, 0.29) is 11.7 Å². The van der Waals surface area contributed by atoms with Crippen molar-refractivity contribution in [2.45, 2.75) is 6.92 Å². The standard InChI is InChI=1S/C18H15BrN2O2/c1-12-4-5-15(11-16(12)19)20-13-6-8-14(9-7-13)21-18(22)17-3-2-10-23-17/h2-11,20H,1H3,(H,21,22). The van der Waals surface area contributed by atoms with E-state index in [0.29, 0.717) is 5.69 Å². The quantitative estimate of drug-likeness (QED) is 0.650. The first-order chi connectivity index (χ1) is 11.1. The van der Waals surface area contributed by atoms with E-state index in [4.69, 9.17) is 4.42 Å². The summed E-state index contributed by atoms with van der Waals surface area (Å²) < 4.78 is 6.12. The lowest BCUT2D eigenvalue weighted by Gasteiger charge is -2.09. The maximum atomic E-state index is 11.9. The Kier molecular flexibility index (Phi) is 4.48. The molecule has 2 N–H and O–H groups in total. The van der Waals surface area contributed by atoms with Gasteiger partial charge in [0.05, 0.1) is 6.26 Å². The van der Waals surface area contributed by atoms with Crippen LogP contribution >= 0.6 is 15.9 Å². The summed E-state index contributed by atoms with van der Waals surface area (Å²) >= 11 is 3.52. The Hall–Kier alpha value is -2.53. The van der Waals surface area contributed by atoms with E-state index in [1.54, 1.807) is 12.1 Å². The molecule has 0 fully saturated rings. The highest BCUT2D eigenvalue weighted by atomic mass is 79.9.